The molecule has 2 aromatic heterocycles. The fourth-order valence-corrected chi connectivity index (χ4v) is 5.14. The monoisotopic (exact) mass is 502 g/mol. The third kappa shape index (κ3) is 4.20. The predicted molar refractivity (Wildman–Crippen MR) is 131 cm³/mol. The van der Waals surface area contributed by atoms with Crippen molar-refractivity contribution in [3.63, 3.8) is 0 Å². The summed E-state index contributed by atoms with van der Waals surface area (Å²) in [5, 5.41) is 21.5. The molecule has 2 fully saturated rings. The minimum atomic E-state index is -3.68. The number of benzene rings is 1. The first-order valence-corrected chi connectivity index (χ1v) is 11.9. The van der Waals surface area contributed by atoms with Gasteiger partial charge in [-0.05, 0) is 31.9 Å². The van der Waals surface area contributed by atoms with Gasteiger partial charge < -0.3 is 25.0 Å². The summed E-state index contributed by atoms with van der Waals surface area (Å²) < 4.78 is 49.0. The number of rotatable bonds is 7. The highest BCUT2D eigenvalue weighted by molar-refractivity contribution is 5.97. The summed E-state index contributed by atoms with van der Waals surface area (Å²) >= 11 is 0. The van der Waals surface area contributed by atoms with Gasteiger partial charge in [-0.15, -0.1) is 10.2 Å². The van der Waals surface area contributed by atoms with Crippen molar-refractivity contribution in [3.05, 3.63) is 47.4 Å². The Balaban J connectivity index is 1.55. The average molecular weight is 503 g/mol. The molecule has 11 heteroatoms. The maximum Gasteiger partial charge on any atom is 0.298 e. The fourth-order valence-electron chi connectivity index (χ4n) is 5.14. The van der Waals surface area contributed by atoms with Gasteiger partial charge in [-0.2, -0.15) is 8.78 Å². The summed E-state index contributed by atoms with van der Waals surface area (Å²) in [6.07, 6.45) is 3.94. The zero-order chi connectivity index (χ0) is 25.6. The van der Waals surface area contributed by atoms with Gasteiger partial charge in [0, 0.05) is 19.7 Å². The summed E-state index contributed by atoms with van der Waals surface area (Å²) in [5.74, 6) is -3.80. The Morgan fingerprint density at radius 1 is 1.22 bits per heavy atom. The molecule has 8 nitrogen and oxygen atoms in total. The molecular formula is C25H29F3N6O2. The number of pyridine rings is 1. The summed E-state index contributed by atoms with van der Waals surface area (Å²) in [6, 6.07) is 5.62. The van der Waals surface area contributed by atoms with Crippen molar-refractivity contribution in [2.75, 3.05) is 49.0 Å². The quantitative estimate of drug-likeness (QED) is 0.504. The topological polar surface area (TPSA) is 86.6 Å². The molecule has 0 spiro atoms. The van der Waals surface area contributed by atoms with Crippen LogP contribution >= 0.6 is 0 Å². The number of aromatic nitrogens is 3. The van der Waals surface area contributed by atoms with E-state index in [4.69, 9.17) is 14.8 Å². The van der Waals surface area contributed by atoms with Crippen LogP contribution in [-0.4, -0.2) is 66.3 Å². The van der Waals surface area contributed by atoms with Gasteiger partial charge in [0.15, 0.2) is 11.6 Å². The molecule has 0 aliphatic carbocycles. The van der Waals surface area contributed by atoms with Gasteiger partial charge in [-0.1, -0.05) is 12.1 Å². The first-order chi connectivity index (χ1) is 17.2. The number of ether oxygens (including phenoxy) is 1. The third-order valence-electron chi connectivity index (χ3n) is 6.99. The van der Waals surface area contributed by atoms with Crippen LogP contribution in [0, 0.1) is 5.82 Å². The average Bonchev–Trinajstić information content (AvgIpc) is 3.11. The standard InChI is InChI=1S/C25H29F3N6O2/c1-14(18-5-4-6-20(21(18)26)25(27,28)13-35)30-23-19-9-17(34-15-7-8-16(34)12-36-11-15)10-29-22(19)24(32-31-23)33(2)3/h4-6,9-10,14-16,35H,7-8,11-13H2,1-3H3,(H,30,31)/t14-,15?,16?/m1/s1. The molecule has 3 aromatic rings. The van der Waals surface area contributed by atoms with Crippen molar-refractivity contribution >= 4 is 28.2 Å². The third-order valence-corrected chi connectivity index (χ3v) is 6.99. The van der Waals surface area contributed by atoms with Crippen LogP contribution in [0.5, 0.6) is 0 Å². The zero-order valence-corrected chi connectivity index (χ0v) is 20.4. The van der Waals surface area contributed by atoms with E-state index < -0.39 is 30.0 Å². The lowest BCUT2D eigenvalue weighted by atomic mass is 10.00. The molecule has 1 aromatic carbocycles. The molecule has 2 saturated heterocycles. The normalized spacial score (nSPS) is 20.6. The maximum absolute atomic E-state index is 15.1. The van der Waals surface area contributed by atoms with Crippen LogP contribution in [0.4, 0.5) is 30.5 Å². The van der Waals surface area contributed by atoms with Gasteiger partial charge in [0.1, 0.15) is 17.9 Å². The molecule has 2 unspecified atom stereocenters. The number of morpholine rings is 1. The molecule has 36 heavy (non-hydrogen) atoms. The SMILES string of the molecule is C[C@@H](Nc1nnc(N(C)C)c2ncc(N3C4CCC3COC4)cc12)c1cccc(C(F)(F)CO)c1F. The Morgan fingerprint density at radius 3 is 2.61 bits per heavy atom. The van der Waals surface area contributed by atoms with E-state index in [1.54, 1.807) is 6.92 Å². The summed E-state index contributed by atoms with van der Waals surface area (Å²) in [5.41, 5.74) is 0.752. The number of nitrogens with zero attached hydrogens (tertiary/aromatic N) is 5. The Labute approximate surface area is 207 Å². The molecule has 2 N–H and O–H groups in total. The number of anilines is 3. The minimum Gasteiger partial charge on any atom is -0.390 e. The second kappa shape index (κ2) is 9.36. The van der Waals surface area contributed by atoms with Gasteiger partial charge in [-0.3, -0.25) is 0 Å². The Hall–Kier alpha value is -3.18. The van der Waals surface area contributed by atoms with E-state index in [2.05, 4.69) is 20.4 Å². The highest BCUT2D eigenvalue weighted by Crippen LogP contribution is 2.38. The molecule has 192 valence electrons. The second-order valence-electron chi connectivity index (χ2n) is 9.62. The molecule has 2 aliphatic heterocycles. The van der Waals surface area contributed by atoms with Crippen molar-refractivity contribution in [2.45, 2.75) is 43.8 Å². The highest BCUT2D eigenvalue weighted by Gasteiger charge is 2.38. The van der Waals surface area contributed by atoms with Crippen molar-refractivity contribution < 1.29 is 23.0 Å². The van der Waals surface area contributed by atoms with E-state index in [-0.39, 0.29) is 17.6 Å². The second-order valence-corrected chi connectivity index (χ2v) is 9.62. The van der Waals surface area contributed by atoms with E-state index in [9.17, 15) is 8.78 Å². The van der Waals surface area contributed by atoms with Crippen LogP contribution < -0.4 is 15.1 Å². The largest absolute Gasteiger partial charge is 0.390 e. The number of aliphatic hydroxyl groups excluding tert-OH is 1. The first kappa shape index (κ1) is 24.5. The van der Waals surface area contributed by atoms with E-state index in [0.29, 0.717) is 35.8 Å². The highest BCUT2D eigenvalue weighted by atomic mass is 19.3. The van der Waals surface area contributed by atoms with Crippen molar-refractivity contribution in [1.29, 1.82) is 0 Å². The molecule has 4 heterocycles. The summed E-state index contributed by atoms with van der Waals surface area (Å²) in [6.45, 7) is 1.52. The Kier molecular flexibility index (Phi) is 6.37. The van der Waals surface area contributed by atoms with Crippen LogP contribution in [0.25, 0.3) is 10.9 Å². The van der Waals surface area contributed by atoms with Gasteiger partial charge in [-0.25, -0.2) is 9.37 Å². The maximum atomic E-state index is 15.1. The molecule has 2 aliphatic rings. The van der Waals surface area contributed by atoms with E-state index in [1.165, 1.54) is 12.1 Å². The number of fused-ring (bicyclic) bond motifs is 3. The van der Waals surface area contributed by atoms with Crippen molar-refractivity contribution in [1.82, 2.24) is 15.2 Å². The summed E-state index contributed by atoms with van der Waals surface area (Å²) in [4.78, 5) is 8.88. The van der Waals surface area contributed by atoms with Gasteiger partial charge in [0.25, 0.3) is 5.92 Å². The first-order valence-electron chi connectivity index (χ1n) is 11.9. The van der Waals surface area contributed by atoms with Gasteiger partial charge in [0.2, 0.25) is 0 Å². The van der Waals surface area contributed by atoms with Crippen LogP contribution in [0.1, 0.15) is 36.9 Å². The van der Waals surface area contributed by atoms with E-state index >= 15 is 4.39 Å². The molecule has 0 radical (unpaired) electrons. The fraction of sp³-hybridized carbons (Fsp3) is 0.480. The minimum absolute atomic E-state index is 0.0302. The lowest BCUT2D eigenvalue weighted by Crippen LogP contribution is -2.46. The van der Waals surface area contributed by atoms with Gasteiger partial charge >= 0.3 is 0 Å². The van der Waals surface area contributed by atoms with E-state index in [0.717, 1.165) is 24.6 Å². The Morgan fingerprint density at radius 2 is 1.94 bits per heavy atom. The van der Waals surface area contributed by atoms with Crippen LogP contribution in [0.15, 0.2) is 30.5 Å². The van der Waals surface area contributed by atoms with Crippen molar-refractivity contribution in [2.24, 2.45) is 0 Å². The zero-order valence-electron chi connectivity index (χ0n) is 20.4. The molecule has 5 rings (SSSR count). The lowest BCUT2D eigenvalue weighted by molar-refractivity contribution is -0.0583. The molecule has 0 saturated carbocycles. The van der Waals surface area contributed by atoms with E-state index in [1.807, 2.05) is 31.3 Å². The number of nitrogens with one attached hydrogen (secondary N) is 1. The van der Waals surface area contributed by atoms with Crippen LogP contribution in [0.2, 0.25) is 0 Å². The number of alkyl halides is 2. The van der Waals surface area contributed by atoms with Crippen molar-refractivity contribution in [3.8, 4) is 0 Å². The predicted octanol–water partition coefficient (Wildman–Crippen LogP) is 3.85. The number of hydrogen-bond acceptors (Lipinski definition) is 8. The van der Waals surface area contributed by atoms with Crippen LogP contribution in [-0.2, 0) is 10.7 Å². The number of halogens is 3. The summed E-state index contributed by atoms with van der Waals surface area (Å²) in [7, 11) is 3.69. The molecular weight excluding hydrogens is 473 g/mol. The Bertz CT molecular complexity index is 1260. The number of hydrogen-bond donors (Lipinski definition) is 2. The molecule has 0 amide bonds. The lowest BCUT2D eigenvalue weighted by Gasteiger charge is -2.36. The van der Waals surface area contributed by atoms with Crippen LogP contribution in [0.3, 0.4) is 0 Å². The molecule has 3 atom stereocenters. The molecule has 2 bridgehead atoms. The smallest absolute Gasteiger partial charge is 0.298 e. The van der Waals surface area contributed by atoms with Gasteiger partial charge in [0.05, 0.1) is 54.2 Å². The number of aliphatic hydroxyl groups is 1.